The number of hydrogen-bond acceptors (Lipinski definition) is 2. The van der Waals surface area contributed by atoms with E-state index in [1.165, 1.54) is 12.1 Å². The molecule has 2 rings (SSSR count). The Balaban J connectivity index is 1.99. The van der Waals surface area contributed by atoms with Crippen LogP contribution >= 0.6 is 15.9 Å². The summed E-state index contributed by atoms with van der Waals surface area (Å²) in [4.78, 5) is 22.3. The van der Waals surface area contributed by atoms with Crippen LogP contribution in [0.3, 0.4) is 0 Å². The number of aliphatic carboxylic acids is 1. The minimum atomic E-state index is -0.969. The fourth-order valence-electron chi connectivity index (χ4n) is 2.23. The van der Waals surface area contributed by atoms with E-state index in [4.69, 9.17) is 5.11 Å². The van der Waals surface area contributed by atoms with E-state index in [1.54, 1.807) is 6.07 Å². The largest absolute Gasteiger partial charge is 0.481 e. The molecule has 1 aromatic carbocycles. The number of amides is 2. The highest BCUT2D eigenvalue weighted by atomic mass is 79.9. The maximum Gasteiger partial charge on any atom is 0.315 e. The van der Waals surface area contributed by atoms with Gasteiger partial charge in [0, 0.05) is 11.0 Å². The maximum atomic E-state index is 13.5. The van der Waals surface area contributed by atoms with Crippen molar-refractivity contribution in [1.29, 1.82) is 0 Å². The maximum absolute atomic E-state index is 13.5. The summed E-state index contributed by atoms with van der Waals surface area (Å²) in [6.45, 7) is 0.0597. The predicted octanol–water partition coefficient (Wildman–Crippen LogP) is 3.20. The summed E-state index contributed by atoms with van der Waals surface area (Å²) >= 11 is 3.25. The molecule has 1 fully saturated rings. The quantitative estimate of drug-likeness (QED) is 0.687. The summed E-state index contributed by atoms with van der Waals surface area (Å²) in [5.41, 5.74) is 0.701. The number of carboxylic acids is 1. The first-order chi connectivity index (χ1) is 10.4. The Hall–Kier alpha value is -1.63. The first-order valence-corrected chi connectivity index (χ1v) is 7.95. The molecule has 0 aliphatic heterocycles. The average Bonchev–Trinajstić information content (AvgIpc) is 3.20. The number of halogens is 2. The van der Waals surface area contributed by atoms with Gasteiger partial charge in [-0.3, -0.25) is 4.79 Å². The molecule has 1 saturated carbocycles. The third-order valence-corrected chi connectivity index (χ3v) is 3.94. The first kappa shape index (κ1) is 16.7. The van der Waals surface area contributed by atoms with Crippen molar-refractivity contribution in [3.8, 4) is 0 Å². The van der Waals surface area contributed by atoms with Gasteiger partial charge in [-0.2, -0.15) is 0 Å². The van der Waals surface area contributed by atoms with Crippen LogP contribution in [0.25, 0.3) is 0 Å². The highest BCUT2D eigenvalue weighted by molar-refractivity contribution is 9.10. The van der Waals surface area contributed by atoms with Crippen LogP contribution in [0.5, 0.6) is 0 Å². The van der Waals surface area contributed by atoms with Crippen molar-refractivity contribution in [2.24, 2.45) is 5.92 Å². The van der Waals surface area contributed by atoms with Crippen molar-refractivity contribution in [2.75, 3.05) is 6.54 Å². The van der Waals surface area contributed by atoms with E-state index in [0.717, 1.165) is 19.3 Å². The molecule has 1 atom stereocenters. The standard InChI is InChI=1S/C15H18BrFN2O3/c16-11-6-10(7-12(17)8-11)13(5-9-1-2-9)19-15(22)18-4-3-14(20)21/h6-9,13H,1-5H2,(H,20,21)(H2,18,19,22). The number of nitrogens with one attached hydrogen (secondary N) is 2. The number of urea groups is 1. The van der Waals surface area contributed by atoms with Gasteiger partial charge >= 0.3 is 12.0 Å². The lowest BCUT2D eigenvalue weighted by Gasteiger charge is -2.20. The Bertz CT molecular complexity index is 543. The highest BCUT2D eigenvalue weighted by Crippen LogP contribution is 2.38. The normalized spacial score (nSPS) is 15.2. The van der Waals surface area contributed by atoms with E-state index in [9.17, 15) is 14.0 Å². The van der Waals surface area contributed by atoms with Crippen LogP contribution < -0.4 is 10.6 Å². The monoisotopic (exact) mass is 372 g/mol. The summed E-state index contributed by atoms with van der Waals surface area (Å²) < 4.78 is 14.2. The Labute approximate surface area is 136 Å². The molecule has 1 unspecified atom stereocenters. The molecule has 3 N–H and O–H groups in total. The molecule has 0 bridgehead atoms. The fraction of sp³-hybridized carbons (Fsp3) is 0.467. The molecule has 1 aliphatic carbocycles. The van der Waals surface area contributed by atoms with Crippen molar-refractivity contribution in [3.63, 3.8) is 0 Å². The second-order valence-electron chi connectivity index (χ2n) is 5.48. The van der Waals surface area contributed by atoms with E-state index >= 15 is 0 Å². The smallest absolute Gasteiger partial charge is 0.315 e. The van der Waals surface area contributed by atoms with E-state index < -0.39 is 12.0 Å². The molecule has 0 saturated heterocycles. The second-order valence-corrected chi connectivity index (χ2v) is 6.39. The van der Waals surface area contributed by atoms with Crippen LogP contribution in [-0.2, 0) is 4.79 Å². The lowest BCUT2D eigenvalue weighted by Crippen LogP contribution is -2.39. The number of hydrogen-bond donors (Lipinski definition) is 3. The molecule has 0 aromatic heterocycles. The zero-order valence-electron chi connectivity index (χ0n) is 11.9. The van der Waals surface area contributed by atoms with Crippen molar-refractivity contribution < 1.29 is 19.1 Å². The highest BCUT2D eigenvalue weighted by Gasteiger charge is 2.27. The van der Waals surface area contributed by atoms with Crippen LogP contribution in [0.15, 0.2) is 22.7 Å². The molecule has 1 aromatic rings. The van der Waals surface area contributed by atoms with E-state index in [2.05, 4.69) is 26.6 Å². The summed E-state index contributed by atoms with van der Waals surface area (Å²) in [7, 11) is 0. The predicted molar refractivity (Wildman–Crippen MR) is 83.0 cm³/mol. The summed E-state index contributed by atoms with van der Waals surface area (Å²) in [6, 6.07) is 3.84. The second kappa shape index (κ2) is 7.58. The number of carboxylic acid groups (broad SMARTS) is 1. The molecule has 0 radical (unpaired) electrons. The lowest BCUT2D eigenvalue weighted by molar-refractivity contribution is -0.136. The molecular weight excluding hydrogens is 355 g/mol. The van der Waals surface area contributed by atoms with Crippen molar-refractivity contribution in [2.45, 2.75) is 31.7 Å². The molecule has 22 heavy (non-hydrogen) atoms. The lowest BCUT2D eigenvalue weighted by atomic mass is 10.0. The molecule has 0 heterocycles. The number of carbonyl (C=O) groups is 2. The van der Waals surface area contributed by atoms with Gasteiger partial charge in [0.1, 0.15) is 5.82 Å². The topological polar surface area (TPSA) is 78.4 Å². The molecule has 1 aliphatic rings. The Morgan fingerprint density at radius 2 is 2.09 bits per heavy atom. The third kappa shape index (κ3) is 5.63. The van der Waals surface area contributed by atoms with Gasteiger partial charge in [-0.25, -0.2) is 9.18 Å². The summed E-state index contributed by atoms with van der Waals surface area (Å²) in [6.07, 6.45) is 2.86. The molecule has 5 nitrogen and oxygen atoms in total. The van der Waals surface area contributed by atoms with Gasteiger partial charge in [-0.1, -0.05) is 28.8 Å². The van der Waals surface area contributed by atoms with E-state index in [0.29, 0.717) is 16.0 Å². The molecule has 0 spiro atoms. The Morgan fingerprint density at radius 1 is 1.36 bits per heavy atom. The van der Waals surface area contributed by atoms with Gasteiger partial charge in [0.15, 0.2) is 0 Å². The van der Waals surface area contributed by atoms with Crippen LogP contribution in [0.2, 0.25) is 0 Å². The number of benzene rings is 1. The van der Waals surface area contributed by atoms with Gasteiger partial charge < -0.3 is 15.7 Å². The van der Waals surface area contributed by atoms with Gasteiger partial charge in [-0.05, 0) is 36.1 Å². The third-order valence-electron chi connectivity index (χ3n) is 3.48. The van der Waals surface area contributed by atoms with Gasteiger partial charge in [0.25, 0.3) is 0 Å². The van der Waals surface area contributed by atoms with Crippen LogP contribution in [0, 0.1) is 11.7 Å². The minimum absolute atomic E-state index is 0.0597. The SMILES string of the molecule is O=C(O)CCNC(=O)NC(CC1CC1)c1cc(F)cc(Br)c1. The van der Waals surface area contributed by atoms with Crippen LogP contribution in [0.1, 0.15) is 37.3 Å². The molecular formula is C15H18BrFN2O3. The van der Waals surface area contributed by atoms with Crippen molar-refractivity contribution in [1.82, 2.24) is 10.6 Å². The Morgan fingerprint density at radius 3 is 2.68 bits per heavy atom. The summed E-state index contributed by atoms with van der Waals surface area (Å²) in [5.74, 6) is -0.784. The zero-order chi connectivity index (χ0) is 16.1. The number of rotatable bonds is 7. The van der Waals surface area contributed by atoms with Crippen molar-refractivity contribution >= 4 is 27.9 Å². The fourth-order valence-corrected chi connectivity index (χ4v) is 2.72. The molecule has 7 heteroatoms. The van der Waals surface area contributed by atoms with Gasteiger partial charge in [0.2, 0.25) is 0 Å². The summed E-state index contributed by atoms with van der Waals surface area (Å²) in [5, 5.41) is 13.9. The van der Waals surface area contributed by atoms with Gasteiger partial charge in [0.05, 0.1) is 12.5 Å². The van der Waals surface area contributed by atoms with Crippen molar-refractivity contribution in [3.05, 3.63) is 34.1 Å². The Kier molecular flexibility index (Phi) is 5.76. The average molecular weight is 373 g/mol. The first-order valence-electron chi connectivity index (χ1n) is 7.16. The number of carbonyl (C=O) groups excluding carboxylic acids is 1. The van der Waals surface area contributed by atoms with E-state index in [-0.39, 0.29) is 24.8 Å². The zero-order valence-corrected chi connectivity index (χ0v) is 13.5. The van der Waals surface area contributed by atoms with E-state index in [1.807, 2.05) is 0 Å². The molecule has 120 valence electrons. The van der Waals surface area contributed by atoms with Crippen LogP contribution in [0.4, 0.5) is 9.18 Å². The minimum Gasteiger partial charge on any atom is -0.481 e. The van der Waals surface area contributed by atoms with Crippen LogP contribution in [-0.4, -0.2) is 23.7 Å². The molecule has 2 amide bonds. The van der Waals surface area contributed by atoms with Gasteiger partial charge in [-0.15, -0.1) is 0 Å².